The molecule has 146 valence electrons. The second-order valence-electron chi connectivity index (χ2n) is 8.03. The average molecular weight is 394 g/mol. The highest BCUT2D eigenvalue weighted by molar-refractivity contribution is 5.70. The van der Waals surface area contributed by atoms with Crippen LogP contribution >= 0.6 is 0 Å². The maximum absolute atomic E-state index is 5.06. The van der Waals surface area contributed by atoms with Gasteiger partial charge in [-0.05, 0) is 19.8 Å². The molecule has 30 heavy (non-hydrogen) atoms. The summed E-state index contributed by atoms with van der Waals surface area (Å²) in [6.07, 6.45) is 12.2. The van der Waals surface area contributed by atoms with E-state index in [0.717, 1.165) is 47.4 Å². The Morgan fingerprint density at radius 1 is 1.10 bits per heavy atom. The Morgan fingerprint density at radius 2 is 2.00 bits per heavy atom. The van der Waals surface area contributed by atoms with E-state index >= 15 is 0 Å². The van der Waals surface area contributed by atoms with Gasteiger partial charge in [0.25, 0.3) is 0 Å². The normalized spacial score (nSPS) is 22.8. The quantitative estimate of drug-likeness (QED) is 0.487. The van der Waals surface area contributed by atoms with E-state index in [2.05, 4.69) is 36.8 Å². The number of fused-ring (bicyclic) bond motifs is 3. The SMILES string of the molecule is Cc1nnc2n1-c1cnc(-n3ccnc3-c3ccccc3)nc1N1C3C=CC21CC3. The van der Waals surface area contributed by atoms with Crippen molar-refractivity contribution in [3.63, 3.8) is 0 Å². The Balaban J connectivity index is 1.45. The first kappa shape index (κ1) is 16.0. The van der Waals surface area contributed by atoms with E-state index in [1.807, 2.05) is 54.2 Å². The molecule has 0 N–H and O–H groups in total. The van der Waals surface area contributed by atoms with Crippen molar-refractivity contribution in [3.8, 4) is 23.0 Å². The van der Waals surface area contributed by atoms with Gasteiger partial charge in [-0.15, -0.1) is 10.2 Å². The lowest BCUT2D eigenvalue weighted by Crippen LogP contribution is -2.45. The molecule has 3 aliphatic rings. The molecule has 7 rings (SSSR count). The second-order valence-corrected chi connectivity index (χ2v) is 8.03. The van der Waals surface area contributed by atoms with E-state index in [0.29, 0.717) is 12.0 Å². The van der Waals surface area contributed by atoms with Crippen LogP contribution in [0, 0.1) is 6.92 Å². The van der Waals surface area contributed by atoms with Gasteiger partial charge in [0.1, 0.15) is 22.9 Å². The van der Waals surface area contributed by atoms with E-state index in [4.69, 9.17) is 9.97 Å². The van der Waals surface area contributed by atoms with Crippen molar-refractivity contribution in [2.24, 2.45) is 0 Å². The topological polar surface area (TPSA) is 77.5 Å². The van der Waals surface area contributed by atoms with Gasteiger partial charge in [-0.25, -0.2) is 9.97 Å². The Labute approximate surface area is 172 Å². The number of benzene rings is 1. The van der Waals surface area contributed by atoms with Gasteiger partial charge in [0.05, 0.1) is 12.2 Å². The summed E-state index contributed by atoms with van der Waals surface area (Å²) in [5.41, 5.74) is 1.70. The highest BCUT2D eigenvalue weighted by atomic mass is 15.4. The number of anilines is 1. The standard InChI is InChI=1S/C22H18N8/c1-14-26-27-20-22-9-7-16(8-10-22)30(22)19-17(29(14)20)13-24-21(25-19)28-12-11-23-18(28)15-5-3-2-4-6-15/h2-7,9,11-13,16H,8,10H2,1H3. The molecule has 1 fully saturated rings. The highest BCUT2D eigenvalue weighted by Crippen LogP contribution is 2.54. The monoisotopic (exact) mass is 394 g/mol. The van der Waals surface area contributed by atoms with Crippen molar-refractivity contribution in [1.29, 1.82) is 0 Å². The number of aromatic nitrogens is 7. The minimum absolute atomic E-state index is 0.262. The largest absolute Gasteiger partial charge is 0.332 e. The molecule has 8 heteroatoms. The van der Waals surface area contributed by atoms with Gasteiger partial charge in [0, 0.05) is 18.0 Å². The maximum Gasteiger partial charge on any atom is 0.237 e. The zero-order valence-corrected chi connectivity index (χ0v) is 16.3. The molecule has 2 bridgehead atoms. The first-order valence-electron chi connectivity index (χ1n) is 10.1. The van der Waals surface area contributed by atoms with Crippen molar-refractivity contribution in [3.05, 3.63) is 72.7 Å². The molecular weight excluding hydrogens is 376 g/mol. The first-order valence-corrected chi connectivity index (χ1v) is 10.1. The zero-order valence-electron chi connectivity index (χ0n) is 16.3. The third kappa shape index (κ3) is 1.84. The van der Waals surface area contributed by atoms with Crippen LogP contribution in [0.15, 0.2) is 61.1 Å². The van der Waals surface area contributed by atoms with Crippen molar-refractivity contribution in [2.45, 2.75) is 31.3 Å². The third-order valence-electron chi connectivity index (χ3n) is 6.48. The summed E-state index contributed by atoms with van der Waals surface area (Å²) in [5, 5.41) is 8.92. The van der Waals surface area contributed by atoms with Gasteiger partial charge in [0.15, 0.2) is 11.6 Å². The van der Waals surface area contributed by atoms with Crippen LogP contribution in [0.25, 0.3) is 23.0 Å². The fourth-order valence-corrected chi connectivity index (χ4v) is 5.17. The van der Waals surface area contributed by atoms with Gasteiger partial charge in [-0.1, -0.05) is 42.5 Å². The highest BCUT2D eigenvalue weighted by Gasteiger charge is 2.56. The number of aryl methyl sites for hydroxylation is 1. The summed E-state index contributed by atoms with van der Waals surface area (Å²) in [6, 6.07) is 10.4. The molecule has 0 saturated carbocycles. The summed E-state index contributed by atoms with van der Waals surface area (Å²) in [4.78, 5) is 16.7. The van der Waals surface area contributed by atoms with Crippen LogP contribution in [-0.2, 0) is 5.54 Å². The Bertz CT molecular complexity index is 1330. The van der Waals surface area contributed by atoms with Gasteiger partial charge >= 0.3 is 0 Å². The molecule has 2 atom stereocenters. The molecule has 2 unspecified atom stereocenters. The molecule has 0 radical (unpaired) electrons. The summed E-state index contributed by atoms with van der Waals surface area (Å²) in [7, 11) is 0. The number of hydrogen-bond acceptors (Lipinski definition) is 6. The van der Waals surface area contributed by atoms with Crippen molar-refractivity contribution in [2.75, 3.05) is 4.90 Å². The van der Waals surface area contributed by atoms with Crippen molar-refractivity contribution >= 4 is 5.82 Å². The van der Waals surface area contributed by atoms with Crippen LogP contribution in [0.3, 0.4) is 0 Å². The second kappa shape index (κ2) is 5.41. The minimum Gasteiger partial charge on any atom is -0.332 e. The zero-order chi connectivity index (χ0) is 19.9. The molecule has 3 aromatic heterocycles. The molecule has 3 aliphatic heterocycles. The molecule has 4 aromatic rings. The molecule has 0 spiro atoms. The Kier molecular flexibility index (Phi) is 2.89. The van der Waals surface area contributed by atoms with Crippen LogP contribution in [0.1, 0.15) is 24.5 Å². The van der Waals surface area contributed by atoms with E-state index in [1.165, 1.54) is 0 Å². The van der Waals surface area contributed by atoms with Crippen LogP contribution in [0.2, 0.25) is 0 Å². The number of imidazole rings is 1. The predicted octanol–water partition coefficient (Wildman–Crippen LogP) is 2.97. The maximum atomic E-state index is 5.06. The Hall–Kier alpha value is -3.81. The van der Waals surface area contributed by atoms with Gasteiger partial charge in [-0.2, -0.15) is 4.98 Å². The number of hydrogen-bond donors (Lipinski definition) is 0. The Morgan fingerprint density at radius 3 is 2.83 bits per heavy atom. The molecule has 8 nitrogen and oxygen atoms in total. The van der Waals surface area contributed by atoms with Crippen molar-refractivity contribution in [1.82, 2.24) is 34.3 Å². The minimum atomic E-state index is -0.262. The molecule has 1 saturated heterocycles. The summed E-state index contributed by atoms with van der Waals surface area (Å²) in [5.74, 6) is 4.18. The smallest absolute Gasteiger partial charge is 0.237 e. The van der Waals surface area contributed by atoms with E-state index < -0.39 is 0 Å². The summed E-state index contributed by atoms with van der Waals surface area (Å²) in [6.45, 7) is 1.98. The lowest BCUT2D eigenvalue weighted by molar-refractivity contribution is 0.497. The lowest BCUT2D eigenvalue weighted by atomic mass is 9.91. The molecule has 6 heterocycles. The predicted molar refractivity (Wildman–Crippen MR) is 111 cm³/mol. The van der Waals surface area contributed by atoms with Crippen LogP contribution < -0.4 is 4.90 Å². The first-order chi connectivity index (χ1) is 14.8. The molecule has 1 aromatic carbocycles. The van der Waals surface area contributed by atoms with Crippen LogP contribution in [-0.4, -0.2) is 40.3 Å². The van der Waals surface area contributed by atoms with Crippen LogP contribution in [0.4, 0.5) is 5.82 Å². The average Bonchev–Trinajstić information content (AvgIpc) is 3.56. The van der Waals surface area contributed by atoms with Gasteiger partial charge < -0.3 is 4.90 Å². The van der Waals surface area contributed by atoms with E-state index in [1.54, 1.807) is 6.20 Å². The number of nitrogens with zero attached hydrogens (tertiary/aromatic N) is 8. The molecule has 0 aliphatic carbocycles. The fraction of sp³-hybridized carbons (Fsp3) is 0.227. The number of rotatable bonds is 2. The van der Waals surface area contributed by atoms with E-state index in [9.17, 15) is 0 Å². The van der Waals surface area contributed by atoms with Gasteiger partial charge in [-0.3, -0.25) is 9.13 Å². The van der Waals surface area contributed by atoms with E-state index in [-0.39, 0.29) is 5.54 Å². The molecule has 0 amide bonds. The van der Waals surface area contributed by atoms with Gasteiger partial charge in [0.2, 0.25) is 5.95 Å². The fourth-order valence-electron chi connectivity index (χ4n) is 5.17. The summed E-state index contributed by atoms with van der Waals surface area (Å²) < 4.78 is 4.06. The lowest BCUT2D eigenvalue weighted by Gasteiger charge is -2.39. The van der Waals surface area contributed by atoms with Crippen molar-refractivity contribution < 1.29 is 0 Å². The third-order valence-corrected chi connectivity index (χ3v) is 6.48. The van der Waals surface area contributed by atoms with Crippen LogP contribution in [0.5, 0.6) is 0 Å². The summed E-state index contributed by atoms with van der Waals surface area (Å²) >= 11 is 0. The molecular formula is C22H18N8.